The number of fused-ring (bicyclic) bond motifs is 2. The summed E-state index contributed by atoms with van der Waals surface area (Å²) in [6.07, 6.45) is 6.92. The third-order valence-corrected chi connectivity index (χ3v) is 8.08. The van der Waals surface area contributed by atoms with Gasteiger partial charge in [-0.15, -0.1) is 20.4 Å². The molecule has 2 N–H and O–H groups in total. The second-order valence-corrected chi connectivity index (χ2v) is 11.3. The molecule has 4 aromatic heterocycles. The van der Waals surface area contributed by atoms with Crippen molar-refractivity contribution in [3.63, 3.8) is 0 Å². The largest absolute Gasteiger partial charge is 0.464 e. The molecule has 0 radical (unpaired) electrons. The molecule has 0 fully saturated rings. The minimum absolute atomic E-state index is 0.161. The molecule has 40 heavy (non-hydrogen) atoms. The van der Waals surface area contributed by atoms with E-state index < -0.39 is 0 Å². The molecule has 4 heterocycles. The van der Waals surface area contributed by atoms with Crippen molar-refractivity contribution in [2.75, 3.05) is 10.6 Å². The lowest BCUT2D eigenvalue weighted by Crippen LogP contribution is -2.13. The Labute approximate surface area is 236 Å². The van der Waals surface area contributed by atoms with Crippen LogP contribution in [0.3, 0.4) is 0 Å². The monoisotopic (exact) mass is 572 g/mol. The van der Waals surface area contributed by atoms with Crippen LogP contribution < -0.4 is 10.6 Å². The first-order valence-electron chi connectivity index (χ1n) is 12.8. The quantitative estimate of drug-likeness (QED) is 0.186. The van der Waals surface area contributed by atoms with E-state index in [-0.39, 0.29) is 24.7 Å². The lowest BCUT2D eigenvalue weighted by molar-refractivity contribution is -0.116. The van der Waals surface area contributed by atoms with Gasteiger partial charge in [0.05, 0.1) is 25.4 Å². The van der Waals surface area contributed by atoms with E-state index >= 15 is 0 Å². The summed E-state index contributed by atoms with van der Waals surface area (Å²) in [5.74, 6) is -0.321. The second-order valence-electron chi connectivity index (χ2n) is 9.17. The van der Waals surface area contributed by atoms with Gasteiger partial charge < -0.3 is 19.5 Å². The van der Waals surface area contributed by atoms with Crippen molar-refractivity contribution in [2.24, 2.45) is 0 Å². The summed E-state index contributed by atoms with van der Waals surface area (Å²) in [5.41, 5.74) is 3.20. The molecule has 202 valence electrons. The highest BCUT2D eigenvalue weighted by atomic mass is 32.1. The molecule has 6 aromatic rings. The predicted octanol–water partition coefficient (Wildman–Crippen LogP) is 5.81. The van der Waals surface area contributed by atoms with Gasteiger partial charge in [-0.3, -0.25) is 9.59 Å². The van der Waals surface area contributed by atoms with Crippen molar-refractivity contribution >= 4 is 66.7 Å². The third kappa shape index (κ3) is 6.08. The standard InChI is InChI=1S/C28H24N6O4S2/c35-23(13-17-15-37-21-9-3-1-7-19(17)21)29-27-33-31-25(39-27)11-5-6-12-26-32-34-28(40-26)30-24(36)14-18-16-38-22-10-4-2-8-20(18)22/h1-4,7-10,15-16H,5-6,11-14H2,(H,29,33,35)(H,30,34,36). The number of rotatable bonds is 11. The number of aryl methyl sites for hydroxylation is 2. The van der Waals surface area contributed by atoms with Gasteiger partial charge in [0.1, 0.15) is 21.2 Å². The van der Waals surface area contributed by atoms with Crippen molar-refractivity contribution < 1.29 is 18.4 Å². The average molecular weight is 573 g/mol. The summed E-state index contributed by atoms with van der Waals surface area (Å²) in [5, 5.41) is 26.8. The van der Waals surface area contributed by atoms with Crippen LogP contribution in [0.25, 0.3) is 21.9 Å². The van der Waals surface area contributed by atoms with Crippen LogP contribution in [0.2, 0.25) is 0 Å². The molecule has 0 aliphatic heterocycles. The van der Waals surface area contributed by atoms with E-state index in [1.54, 1.807) is 12.5 Å². The van der Waals surface area contributed by atoms with Gasteiger partial charge in [0.2, 0.25) is 22.1 Å². The van der Waals surface area contributed by atoms with Crippen LogP contribution in [-0.2, 0) is 35.3 Å². The van der Waals surface area contributed by atoms with Gasteiger partial charge in [-0.25, -0.2) is 0 Å². The predicted molar refractivity (Wildman–Crippen MR) is 154 cm³/mol. The minimum Gasteiger partial charge on any atom is -0.464 e. The number of carbonyl (C=O) groups is 2. The van der Waals surface area contributed by atoms with Gasteiger partial charge in [0.25, 0.3) is 0 Å². The maximum absolute atomic E-state index is 12.5. The average Bonchev–Trinajstić information content (AvgIpc) is 3.76. The van der Waals surface area contributed by atoms with Gasteiger partial charge in [0, 0.05) is 34.7 Å². The molecule has 0 aliphatic rings. The highest BCUT2D eigenvalue weighted by Gasteiger charge is 2.14. The highest BCUT2D eigenvalue weighted by molar-refractivity contribution is 7.15. The molecule has 0 saturated carbocycles. The van der Waals surface area contributed by atoms with Crippen molar-refractivity contribution in [1.29, 1.82) is 0 Å². The lowest BCUT2D eigenvalue weighted by atomic mass is 10.1. The van der Waals surface area contributed by atoms with Crippen LogP contribution in [0.15, 0.2) is 69.9 Å². The van der Waals surface area contributed by atoms with Crippen molar-refractivity contribution in [3.8, 4) is 0 Å². The molecule has 6 rings (SSSR count). The number of benzene rings is 2. The number of hydrogen-bond donors (Lipinski definition) is 2. The van der Waals surface area contributed by atoms with E-state index in [2.05, 4.69) is 31.0 Å². The molecule has 0 spiro atoms. The Balaban J connectivity index is 0.923. The maximum Gasteiger partial charge on any atom is 0.230 e. The van der Waals surface area contributed by atoms with Gasteiger partial charge in [0.15, 0.2) is 0 Å². The van der Waals surface area contributed by atoms with Crippen molar-refractivity contribution in [1.82, 2.24) is 20.4 Å². The molecular weight excluding hydrogens is 548 g/mol. The van der Waals surface area contributed by atoms with E-state index in [0.717, 1.165) is 68.8 Å². The summed E-state index contributed by atoms with van der Waals surface area (Å²) in [6.45, 7) is 0. The zero-order valence-corrected chi connectivity index (χ0v) is 22.9. The van der Waals surface area contributed by atoms with Crippen LogP contribution in [0.4, 0.5) is 10.3 Å². The van der Waals surface area contributed by atoms with E-state index in [1.165, 1.54) is 22.7 Å². The third-order valence-electron chi connectivity index (χ3n) is 6.28. The van der Waals surface area contributed by atoms with Gasteiger partial charge in [-0.05, 0) is 25.0 Å². The fourth-order valence-electron chi connectivity index (χ4n) is 4.37. The van der Waals surface area contributed by atoms with Crippen LogP contribution in [-0.4, -0.2) is 32.2 Å². The first-order valence-corrected chi connectivity index (χ1v) is 14.4. The normalized spacial score (nSPS) is 11.3. The number of hydrogen-bond acceptors (Lipinski definition) is 10. The number of unbranched alkanes of at least 4 members (excludes halogenated alkanes) is 1. The molecule has 12 heteroatoms. The van der Waals surface area contributed by atoms with E-state index in [1.807, 2.05) is 48.5 Å². The second kappa shape index (κ2) is 11.8. The van der Waals surface area contributed by atoms with Gasteiger partial charge in [-0.1, -0.05) is 59.1 Å². The van der Waals surface area contributed by atoms with Crippen molar-refractivity contribution in [2.45, 2.75) is 38.5 Å². The molecule has 0 unspecified atom stereocenters. The molecular formula is C28H24N6O4S2. The summed E-state index contributed by atoms with van der Waals surface area (Å²) >= 11 is 2.76. The summed E-state index contributed by atoms with van der Waals surface area (Å²) in [6, 6.07) is 15.3. The first-order chi connectivity index (χ1) is 19.6. The van der Waals surface area contributed by atoms with Crippen LogP contribution in [0.5, 0.6) is 0 Å². The maximum atomic E-state index is 12.5. The number of aromatic nitrogens is 4. The van der Waals surface area contributed by atoms with Gasteiger partial charge in [-0.2, -0.15) is 0 Å². The topological polar surface area (TPSA) is 136 Å². The summed E-state index contributed by atoms with van der Waals surface area (Å²) in [4.78, 5) is 25.0. The Kier molecular flexibility index (Phi) is 7.60. The molecule has 0 bridgehead atoms. The highest BCUT2D eigenvalue weighted by Crippen LogP contribution is 2.24. The molecule has 0 saturated heterocycles. The molecule has 0 atom stereocenters. The number of para-hydroxylation sites is 2. The van der Waals surface area contributed by atoms with E-state index in [9.17, 15) is 9.59 Å². The molecule has 2 aromatic carbocycles. The van der Waals surface area contributed by atoms with E-state index in [0.29, 0.717) is 10.3 Å². The van der Waals surface area contributed by atoms with Crippen LogP contribution in [0.1, 0.15) is 34.0 Å². The molecule has 0 aliphatic carbocycles. The number of nitrogens with zero attached hydrogens (tertiary/aromatic N) is 4. The summed E-state index contributed by atoms with van der Waals surface area (Å²) < 4.78 is 11.0. The Morgan fingerprint density at radius 3 is 1.57 bits per heavy atom. The van der Waals surface area contributed by atoms with Crippen molar-refractivity contribution in [3.05, 3.63) is 82.2 Å². The Morgan fingerprint density at radius 2 is 1.10 bits per heavy atom. The summed E-state index contributed by atoms with van der Waals surface area (Å²) in [7, 11) is 0. The van der Waals surface area contributed by atoms with Gasteiger partial charge >= 0.3 is 0 Å². The van der Waals surface area contributed by atoms with E-state index in [4.69, 9.17) is 8.83 Å². The molecule has 2 amide bonds. The molecule has 10 nitrogen and oxygen atoms in total. The zero-order valence-electron chi connectivity index (χ0n) is 21.3. The minimum atomic E-state index is -0.161. The number of nitrogens with one attached hydrogen (secondary N) is 2. The van der Waals surface area contributed by atoms with Crippen LogP contribution in [0, 0.1) is 0 Å². The Bertz CT molecular complexity index is 1660. The number of amides is 2. The fraction of sp³-hybridized carbons (Fsp3) is 0.214. The number of furan rings is 2. The first kappa shape index (κ1) is 25.8. The Morgan fingerprint density at radius 1 is 0.650 bits per heavy atom. The Hall–Kier alpha value is -4.42. The lowest BCUT2D eigenvalue weighted by Gasteiger charge is -1.99. The smallest absolute Gasteiger partial charge is 0.230 e. The number of anilines is 2. The fourth-order valence-corrected chi connectivity index (χ4v) is 5.97. The van der Waals surface area contributed by atoms with Crippen LogP contribution >= 0.6 is 22.7 Å². The number of carbonyl (C=O) groups excluding carboxylic acids is 2. The SMILES string of the molecule is O=C(Cc1coc2ccccc12)Nc1nnc(CCCCc2nnc(NC(=O)Cc3coc4ccccc34)s2)s1. The zero-order chi connectivity index (χ0) is 27.3.